The number of nitrogens with one attached hydrogen (secondary N) is 1. The van der Waals surface area contributed by atoms with Gasteiger partial charge in [0.1, 0.15) is 37.8 Å². The van der Waals surface area contributed by atoms with Crippen LogP contribution in [-0.2, 0) is 71.1 Å². The van der Waals surface area contributed by atoms with E-state index in [1.165, 1.54) is 119 Å². The fraction of sp³-hybridized carbons (Fsp3) is 0.129. The first-order chi connectivity index (χ1) is 70.8. The van der Waals surface area contributed by atoms with Crippen molar-refractivity contribution in [1.29, 1.82) is 0 Å². The average molecular weight is 2190 g/mol. The van der Waals surface area contributed by atoms with Crippen molar-refractivity contribution in [3.05, 3.63) is 500 Å². The van der Waals surface area contributed by atoms with Crippen LogP contribution in [0.1, 0.15) is 123 Å². The standard InChI is InChI=1S/C27H18N.C22H25N2.C18H17N3.C15H10NO.C14H12N2.C12H10N.C11H8N.C5H8O2.2Ir/c1-4-10-20(11-5-1)23-16-17-26-25(18-23)24(21-12-6-2-7-13-21)19-27(28-26)22-14-8-3-9-15-22;1-15(2)18-10-7-11-19(16(3)4)21(18)24-13-12-23-14-17-8-5-6-9-20(17)22(23)24;1-11(2)20-21-17-15-8-4-3-7-13(15)14-9-5-6-12-10-19-18(17)16(12)14;1-11-13(14-7-4-5-9-16-14)10-12-6-2-3-8-15(12)17-11;1-2-7-13-11(5-1)9-14-15-8-4-3-6-12(15)10-16(13)14;1-2-6-11-10(5-1)9-13-8-4-3-7-12(11)13;1-2-6-10(7-3-1)11-8-4-5-9-12-11;1-4(6)3-5(2)7;;/h1-14,16-19H;5-13,15-16H,14H2,1-4H3;3-9,11,19H,10H2,1-2H3;2-9H,1H2;1-8,10,14H,9H2;1-8H,9H2;1-6,8-9H;3,6H,1-2H3;;/q-1;+1;;-1;;+1;-1;;;/i;;;;;1D,2D,3D,4D,5D,6D,7D,8D;;;;. The normalized spacial score (nSPS) is 14.2. The summed E-state index contributed by atoms with van der Waals surface area (Å²) in [6.45, 7) is 21.8. The molecule has 0 aliphatic carbocycles. The van der Waals surface area contributed by atoms with Crippen molar-refractivity contribution in [2.45, 2.75) is 105 Å². The minimum atomic E-state index is -0.411. The Balaban J connectivity index is 0.000000123. The van der Waals surface area contributed by atoms with Gasteiger partial charge in [-0.3, -0.25) is 14.8 Å². The van der Waals surface area contributed by atoms with E-state index in [0.29, 0.717) is 29.3 Å². The van der Waals surface area contributed by atoms with E-state index < -0.39 is 12.1 Å². The van der Waals surface area contributed by atoms with Crippen LogP contribution >= 0.6 is 0 Å². The Morgan fingerprint density at radius 1 is 0.571 bits per heavy atom. The smallest absolute Gasteiger partial charge is 0.294 e. The van der Waals surface area contributed by atoms with Crippen molar-refractivity contribution in [2.75, 3.05) is 10.2 Å². The molecule has 0 fully saturated rings. The monoisotopic (exact) mass is 2190 g/mol. The molecule has 0 saturated carbocycles. The maximum absolute atomic E-state index is 10.0. The average Bonchev–Trinajstić information content (AvgIpc) is 1.60. The summed E-state index contributed by atoms with van der Waals surface area (Å²) in [5.41, 5.74) is 27.4. The Kier molecular flexibility index (Phi) is 28.4. The largest absolute Gasteiger partial charge is 0.527 e. The third-order valence-corrected chi connectivity index (χ3v) is 24.2. The molecule has 2 radical (unpaired) electrons. The van der Waals surface area contributed by atoms with Gasteiger partial charge >= 0.3 is 0 Å². The SMILES string of the molecule is C1=CC2=CN3c4ccccc4CC3N2C=C1.C=C1Oc2ccccc2[C-]=C1c1ccccn1.CC(=O)C=C(C)O.CC(C)N=Nc1c2c3c(cccc3c3ccccc13)CN2.CC(C)c1cccc(C(C)C)c1-n1cc[n+]2c1-c1ccccc1C2.[2H]c1c([2H])c([2H])c2c(c1[2H])C[n+]1c([2H])c([2H])c([2H])c([2H])c1-2.[Ir].[Ir].[c-]1ccccc1-c1cc(-c2ccccc2)c2cc(-c3ccccc3)ccc2n1.[c-]1ccccc1-c1ccccn1. The van der Waals surface area contributed by atoms with E-state index in [-0.39, 0.29) is 112 Å². The number of rotatable bonds is 11. The number of anilines is 2. The number of ketones is 1. The van der Waals surface area contributed by atoms with Crippen LogP contribution in [0.2, 0.25) is 0 Å². The number of nitrogens with zero attached hydrogens (tertiary/aromatic N) is 10. The molecule has 25 rings (SSSR count). The van der Waals surface area contributed by atoms with E-state index in [4.69, 9.17) is 25.8 Å². The number of imidazole rings is 1. The van der Waals surface area contributed by atoms with Crippen LogP contribution in [0.4, 0.5) is 17.1 Å². The van der Waals surface area contributed by atoms with Gasteiger partial charge in [0.15, 0.2) is 18.5 Å². The summed E-state index contributed by atoms with van der Waals surface area (Å²) in [5.74, 6) is 3.62. The predicted octanol–water partition coefficient (Wildman–Crippen LogP) is 28.9. The summed E-state index contributed by atoms with van der Waals surface area (Å²) in [4.78, 5) is 28.2. The number of allylic oxidation sites excluding steroid dienone is 6. The third-order valence-electron chi connectivity index (χ3n) is 24.2. The Morgan fingerprint density at radius 2 is 1.20 bits per heavy atom. The number of fused-ring (bicyclic) bond motifs is 15. The summed E-state index contributed by atoms with van der Waals surface area (Å²) < 4.78 is 74.3. The number of aromatic nitrogens is 6. The Labute approximate surface area is 858 Å². The summed E-state index contributed by atoms with van der Waals surface area (Å²) >= 11 is 0. The van der Waals surface area contributed by atoms with Gasteiger partial charge in [0.05, 0.1) is 60.9 Å². The van der Waals surface area contributed by atoms with Crippen LogP contribution < -0.4 is 24.1 Å². The molecule has 0 saturated heterocycles. The van der Waals surface area contributed by atoms with Gasteiger partial charge in [0, 0.05) is 146 Å². The van der Waals surface area contributed by atoms with Crippen molar-refractivity contribution in [1.82, 2.24) is 24.4 Å². The molecule has 12 heterocycles. The van der Waals surface area contributed by atoms with E-state index >= 15 is 0 Å². The molecule has 0 bridgehead atoms. The summed E-state index contributed by atoms with van der Waals surface area (Å²) in [5, 5.41) is 27.0. The molecule has 13 aromatic carbocycles. The van der Waals surface area contributed by atoms with Crippen LogP contribution in [-0.4, -0.2) is 47.5 Å². The molecule has 7 aliphatic rings. The maximum Gasteiger partial charge on any atom is 0.294 e. The second-order valence-electron chi connectivity index (χ2n) is 34.7. The van der Waals surface area contributed by atoms with Gasteiger partial charge < -0.3 is 29.9 Å². The molecule has 0 amide bonds. The topological polar surface area (TPSA) is 141 Å². The maximum atomic E-state index is 10.0. The molecule has 16 heteroatoms. The van der Waals surface area contributed by atoms with E-state index in [1.807, 2.05) is 129 Å². The van der Waals surface area contributed by atoms with Crippen LogP contribution in [0, 0.1) is 18.2 Å². The molecule has 1 atom stereocenters. The number of para-hydroxylation sites is 3. The van der Waals surface area contributed by atoms with Crippen LogP contribution in [0.15, 0.2) is 447 Å². The number of carbonyl (C=O) groups is 1. The molecule has 5 aromatic heterocycles. The number of aliphatic hydroxyl groups excluding tert-OH is 1. The molecule has 7 aliphatic heterocycles. The third kappa shape index (κ3) is 22.2. The van der Waals surface area contributed by atoms with Crippen LogP contribution in [0.3, 0.4) is 0 Å². The molecule has 140 heavy (non-hydrogen) atoms. The zero-order chi connectivity index (χ0) is 102. The van der Waals surface area contributed by atoms with Crippen LogP contribution in [0.25, 0.3) is 111 Å². The first-order valence-corrected chi connectivity index (χ1v) is 46.4. The summed E-state index contributed by atoms with van der Waals surface area (Å²) in [6.07, 6.45) is 24.5. The molecule has 2 N–H and O–H groups in total. The molecule has 18 aromatic rings. The first-order valence-electron chi connectivity index (χ1n) is 50.4. The number of carbonyl (C=O) groups excluding carboxylic acids is 1. The molecule has 0 spiro atoms. The molecular formula is C124H108Ir2N11O3-. The number of hydrogen-bond donors (Lipinski definition) is 2. The first kappa shape index (κ1) is 87.2. The number of aliphatic hydroxyl groups is 1. The van der Waals surface area contributed by atoms with Gasteiger partial charge in [-0.2, -0.15) is 19.4 Å². The van der Waals surface area contributed by atoms with Gasteiger partial charge in [0.2, 0.25) is 5.69 Å². The van der Waals surface area contributed by atoms with Crippen molar-refractivity contribution in [3.8, 4) is 78.9 Å². The van der Waals surface area contributed by atoms with Crippen LogP contribution in [0.5, 0.6) is 5.75 Å². The number of benzene rings is 13. The van der Waals surface area contributed by atoms with Crippen molar-refractivity contribution in [3.63, 3.8) is 0 Å². The number of pyridine rings is 4. The quantitative estimate of drug-likeness (QED) is 0.0323. The Hall–Kier alpha value is -15.5. The molecule has 1 unspecified atom stereocenters. The van der Waals surface area contributed by atoms with Gasteiger partial charge in [0.25, 0.3) is 5.82 Å². The number of hydrogen-bond acceptors (Lipinski definition) is 11. The predicted molar refractivity (Wildman–Crippen MR) is 562 cm³/mol. The number of azo groups is 1. The minimum absolute atomic E-state index is 0. The Bertz CT molecular complexity index is 8040. The van der Waals surface area contributed by atoms with Crippen molar-refractivity contribution < 1.29 is 74.9 Å². The Morgan fingerprint density at radius 3 is 1.90 bits per heavy atom. The fourth-order valence-electron chi connectivity index (χ4n) is 17.9. The summed E-state index contributed by atoms with van der Waals surface area (Å²) in [7, 11) is 0. The van der Waals surface area contributed by atoms with Crippen molar-refractivity contribution >= 4 is 60.9 Å². The van der Waals surface area contributed by atoms with Gasteiger partial charge in [-0.05, 0) is 156 Å². The second-order valence-corrected chi connectivity index (χ2v) is 34.7. The second kappa shape index (κ2) is 45.6. The summed E-state index contributed by atoms with van der Waals surface area (Å²) in [6, 6.07) is 108. The zero-order valence-electron chi connectivity index (χ0n) is 86.9. The van der Waals surface area contributed by atoms with E-state index in [0.717, 1.165) is 92.3 Å². The van der Waals surface area contributed by atoms with Gasteiger partial charge in [-0.25, -0.2) is 4.57 Å². The zero-order valence-corrected chi connectivity index (χ0v) is 83.7. The van der Waals surface area contributed by atoms with E-state index in [9.17, 15) is 4.79 Å². The van der Waals surface area contributed by atoms with Crippen molar-refractivity contribution in [2.24, 2.45) is 10.2 Å². The molecule has 14 nitrogen and oxygen atoms in total. The molecule has 696 valence electrons. The van der Waals surface area contributed by atoms with Gasteiger partial charge in [-0.1, -0.05) is 282 Å². The van der Waals surface area contributed by atoms with E-state index in [2.05, 4.69) is 328 Å². The molecular weight excluding hydrogens is 2080 g/mol. The fourth-order valence-corrected chi connectivity index (χ4v) is 17.9. The number of ether oxygens (including phenoxy) is 1. The minimum Gasteiger partial charge on any atom is -0.527 e. The van der Waals surface area contributed by atoms with E-state index in [1.54, 1.807) is 12.4 Å². The van der Waals surface area contributed by atoms with Gasteiger partial charge in [-0.15, -0.1) is 83.9 Å².